The van der Waals surface area contributed by atoms with Crippen molar-refractivity contribution in [1.82, 2.24) is 4.98 Å². The van der Waals surface area contributed by atoms with Crippen molar-refractivity contribution in [2.45, 2.75) is 10.5 Å². The lowest BCUT2D eigenvalue weighted by molar-refractivity contribution is -0.0386. The van der Waals surface area contributed by atoms with E-state index in [1.807, 2.05) is 0 Å². The number of nitrogens with zero attached hydrogens (tertiary/aromatic N) is 1. The van der Waals surface area contributed by atoms with Crippen LogP contribution in [0, 0.1) is 0 Å². The third kappa shape index (κ3) is 2.04. The van der Waals surface area contributed by atoms with Crippen LogP contribution in [0.2, 0.25) is 0 Å². The molecule has 1 heterocycles. The molecule has 0 aromatic carbocycles. The fourth-order valence-corrected chi connectivity index (χ4v) is 1.17. The van der Waals surface area contributed by atoms with Gasteiger partial charge < -0.3 is 0 Å². The molecule has 0 aliphatic heterocycles. The maximum absolute atomic E-state index is 11.8. The summed E-state index contributed by atoms with van der Waals surface area (Å²) in [5, 5.41) is -0.468. The van der Waals surface area contributed by atoms with Crippen molar-refractivity contribution in [2.24, 2.45) is 0 Å². The first-order valence-corrected chi connectivity index (χ1v) is 4.06. The highest BCUT2D eigenvalue weighted by molar-refractivity contribution is 7.85. The normalized spacial score (nSPS) is 14.2. The van der Waals surface area contributed by atoms with Crippen LogP contribution in [0.15, 0.2) is 29.4 Å². The van der Waals surface area contributed by atoms with Gasteiger partial charge in [-0.1, -0.05) is 6.07 Å². The van der Waals surface area contributed by atoms with E-state index in [0.29, 0.717) is 0 Å². The van der Waals surface area contributed by atoms with E-state index in [9.17, 15) is 17.4 Å². The highest BCUT2D eigenvalue weighted by Gasteiger charge is 2.38. The lowest BCUT2D eigenvalue weighted by atomic mass is 10.5. The zero-order valence-corrected chi connectivity index (χ0v) is 6.52. The van der Waals surface area contributed by atoms with Crippen molar-refractivity contribution in [3.05, 3.63) is 24.4 Å². The van der Waals surface area contributed by atoms with Gasteiger partial charge in [-0.25, -0.2) is 9.19 Å². The lowest BCUT2D eigenvalue weighted by Crippen LogP contribution is -2.16. The molecule has 66 valence electrons. The molecule has 6 heteroatoms. The van der Waals surface area contributed by atoms with Gasteiger partial charge in [0.15, 0.2) is 10.8 Å². The molecule has 0 N–H and O–H groups in total. The largest absolute Gasteiger partial charge is 0.477 e. The Kier molecular flexibility index (Phi) is 2.46. The molecular weight excluding hydrogens is 191 g/mol. The number of alkyl halides is 3. The monoisotopic (exact) mass is 195 g/mol. The Morgan fingerprint density at radius 3 is 2.42 bits per heavy atom. The average molecular weight is 195 g/mol. The molecule has 1 aromatic rings. The Labute approximate surface area is 68.9 Å². The van der Waals surface area contributed by atoms with Crippen molar-refractivity contribution >= 4 is 10.8 Å². The Balaban J connectivity index is 2.94. The molecule has 1 unspecified atom stereocenters. The molecular formula is C6H4F3NOS. The molecule has 0 radical (unpaired) electrons. The number of pyridine rings is 1. The molecule has 0 spiro atoms. The Hall–Kier alpha value is -0.910. The predicted octanol–water partition coefficient (Wildman–Crippen LogP) is 1.71. The summed E-state index contributed by atoms with van der Waals surface area (Å²) in [6, 6.07) is 3.88. The predicted molar refractivity (Wildman–Crippen MR) is 36.7 cm³/mol. The van der Waals surface area contributed by atoms with Crippen LogP contribution in [-0.4, -0.2) is 14.7 Å². The molecule has 0 aliphatic rings. The summed E-state index contributed by atoms with van der Waals surface area (Å²) < 4.78 is 46.0. The number of hydrogen-bond donors (Lipinski definition) is 0. The van der Waals surface area contributed by atoms with Gasteiger partial charge in [0.25, 0.3) is 0 Å². The van der Waals surface area contributed by atoms with Gasteiger partial charge in [-0.05, 0) is 12.1 Å². The van der Waals surface area contributed by atoms with Crippen molar-refractivity contribution < 1.29 is 17.4 Å². The van der Waals surface area contributed by atoms with Crippen molar-refractivity contribution in [1.29, 1.82) is 0 Å². The molecule has 2 nitrogen and oxygen atoms in total. The van der Waals surface area contributed by atoms with Gasteiger partial charge >= 0.3 is 5.51 Å². The molecule has 0 aliphatic carbocycles. The van der Waals surface area contributed by atoms with E-state index in [4.69, 9.17) is 0 Å². The van der Waals surface area contributed by atoms with Crippen molar-refractivity contribution in [2.75, 3.05) is 0 Å². The summed E-state index contributed by atoms with van der Waals surface area (Å²) in [7, 11) is -3.01. The summed E-state index contributed by atoms with van der Waals surface area (Å²) in [5.74, 6) is 0. The maximum atomic E-state index is 11.8. The molecule has 1 rings (SSSR count). The topological polar surface area (TPSA) is 30.0 Å². The van der Waals surface area contributed by atoms with Gasteiger partial charge in [0, 0.05) is 6.20 Å². The quantitative estimate of drug-likeness (QED) is 0.682. The summed E-state index contributed by atoms with van der Waals surface area (Å²) in [5.41, 5.74) is -4.73. The van der Waals surface area contributed by atoms with Crippen LogP contribution >= 0.6 is 0 Å². The molecule has 0 bridgehead atoms. The first kappa shape index (κ1) is 9.18. The second-order valence-corrected chi connectivity index (χ2v) is 3.30. The molecule has 1 aromatic heterocycles. The minimum atomic E-state index is -4.73. The number of hydrogen-bond acceptors (Lipinski definition) is 2. The zero-order valence-electron chi connectivity index (χ0n) is 5.71. The second-order valence-electron chi connectivity index (χ2n) is 1.88. The molecule has 12 heavy (non-hydrogen) atoms. The summed E-state index contributed by atoms with van der Waals surface area (Å²) in [6.45, 7) is 0. The van der Waals surface area contributed by atoms with Gasteiger partial charge in [-0.2, -0.15) is 13.2 Å². The first-order valence-electron chi connectivity index (χ1n) is 2.91. The number of rotatable bonds is 1. The minimum absolute atomic E-state index is 0.468. The SMILES string of the molecule is O=S(c1ccccn1)C(F)(F)F. The fourth-order valence-electron chi connectivity index (χ4n) is 0.575. The van der Waals surface area contributed by atoms with Gasteiger partial charge in [0.2, 0.25) is 0 Å². The van der Waals surface area contributed by atoms with E-state index in [1.54, 1.807) is 0 Å². The van der Waals surface area contributed by atoms with Crippen LogP contribution in [0.1, 0.15) is 0 Å². The molecule has 0 saturated heterocycles. The van der Waals surface area contributed by atoms with E-state index in [-0.39, 0.29) is 0 Å². The van der Waals surface area contributed by atoms with E-state index in [0.717, 1.165) is 6.07 Å². The molecule has 0 fully saturated rings. The van der Waals surface area contributed by atoms with Gasteiger partial charge in [0.1, 0.15) is 5.03 Å². The van der Waals surface area contributed by atoms with E-state index in [2.05, 4.69) is 4.98 Å². The highest BCUT2D eigenvalue weighted by Crippen LogP contribution is 2.24. The van der Waals surface area contributed by atoms with Gasteiger partial charge in [-0.3, -0.25) is 0 Å². The van der Waals surface area contributed by atoms with E-state index >= 15 is 0 Å². The molecule has 0 saturated carbocycles. The second kappa shape index (κ2) is 3.22. The maximum Gasteiger partial charge on any atom is 0.477 e. The summed E-state index contributed by atoms with van der Waals surface area (Å²) in [6.07, 6.45) is 1.17. The third-order valence-corrected chi connectivity index (χ3v) is 2.08. The number of aromatic nitrogens is 1. The van der Waals surface area contributed by atoms with Crippen molar-refractivity contribution in [3.8, 4) is 0 Å². The van der Waals surface area contributed by atoms with Crippen LogP contribution in [0.25, 0.3) is 0 Å². The summed E-state index contributed by atoms with van der Waals surface area (Å²) >= 11 is 0. The Morgan fingerprint density at radius 2 is 2.00 bits per heavy atom. The molecule has 1 atom stereocenters. The third-order valence-electron chi connectivity index (χ3n) is 1.04. The van der Waals surface area contributed by atoms with Crippen LogP contribution in [0.4, 0.5) is 13.2 Å². The summed E-state index contributed by atoms with van der Waals surface area (Å²) in [4.78, 5) is 3.32. The van der Waals surface area contributed by atoms with Crippen LogP contribution in [0.3, 0.4) is 0 Å². The smallest absolute Gasteiger partial charge is 0.247 e. The highest BCUT2D eigenvalue weighted by atomic mass is 32.2. The standard InChI is InChI=1S/C6H4F3NOS/c7-6(8,9)12(11)5-3-1-2-4-10-5/h1-4H. The van der Waals surface area contributed by atoms with Crippen LogP contribution in [0.5, 0.6) is 0 Å². The first-order chi connectivity index (χ1) is 5.52. The van der Waals surface area contributed by atoms with Crippen LogP contribution < -0.4 is 0 Å². The van der Waals surface area contributed by atoms with Crippen molar-refractivity contribution in [3.63, 3.8) is 0 Å². The Bertz CT molecular complexity index is 285. The zero-order chi connectivity index (χ0) is 9.19. The fraction of sp³-hybridized carbons (Fsp3) is 0.167. The minimum Gasteiger partial charge on any atom is -0.247 e. The lowest BCUT2D eigenvalue weighted by Gasteiger charge is -2.03. The number of halogens is 3. The van der Waals surface area contributed by atoms with Crippen LogP contribution in [-0.2, 0) is 10.8 Å². The van der Waals surface area contributed by atoms with E-state index in [1.165, 1.54) is 18.3 Å². The van der Waals surface area contributed by atoms with Gasteiger partial charge in [0.05, 0.1) is 0 Å². The Morgan fingerprint density at radius 1 is 1.33 bits per heavy atom. The van der Waals surface area contributed by atoms with Gasteiger partial charge in [-0.15, -0.1) is 0 Å². The average Bonchev–Trinajstić information content (AvgIpc) is 2.03. The molecule has 0 amide bonds. The van der Waals surface area contributed by atoms with E-state index < -0.39 is 21.3 Å².